The van der Waals surface area contributed by atoms with E-state index in [1.54, 1.807) is 11.6 Å². The molecule has 13 heteroatoms. The first-order valence-corrected chi connectivity index (χ1v) is 15.3. The Balaban J connectivity index is 0.000000617. The summed E-state index contributed by atoms with van der Waals surface area (Å²) in [4.78, 5) is 28.4. The predicted molar refractivity (Wildman–Crippen MR) is 166 cm³/mol. The van der Waals surface area contributed by atoms with Crippen LogP contribution < -0.4 is 0 Å². The lowest BCUT2D eigenvalue weighted by molar-refractivity contribution is -0.192. The molecule has 0 aliphatic carbocycles. The average molecular weight is 643 g/mol. The van der Waals surface area contributed by atoms with Crippen LogP contribution in [0.5, 0.6) is 0 Å². The number of carboxylic acids is 2. The first-order chi connectivity index (χ1) is 21.7. The minimum Gasteiger partial charge on any atom is -0.481 e. The van der Waals surface area contributed by atoms with E-state index in [1.165, 1.54) is 30.4 Å². The quantitative estimate of drug-likeness (QED) is 0.230. The van der Waals surface area contributed by atoms with Gasteiger partial charge in [-0.05, 0) is 79.6 Å². The summed E-state index contributed by atoms with van der Waals surface area (Å²) in [6.07, 6.45) is 2.67. The second-order valence-corrected chi connectivity index (χ2v) is 12.1. The maximum atomic E-state index is 12.3. The number of hydrogen-bond acceptors (Lipinski definition) is 6. The number of nitrogens with zero attached hydrogens (tertiary/aromatic N) is 6. The molecule has 0 spiro atoms. The molecule has 4 aromatic rings. The zero-order valence-corrected chi connectivity index (χ0v) is 26.8. The highest BCUT2D eigenvalue weighted by Gasteiger charge is 2.38. The maximum Gasteiger partial charge on any atom is 0.490 e. The lowest BCUT2D eigenvalue weighted by Crippen LogP contribution is -2.34. The van der Waals surface area contributed by atoms with E-state index in [2.05, 4.69) is 58.0 Å². The second kappa shape index (κ2) is 14.4. The molecule has 0 radical (unpaired) electrons. The molecule has 0 saturated carbocycles. The number of fused-ring (bicyclic) bond motifs is 1. The molecular formula is C33H41F3N6O4. The molecule has 46 heavy (non-hydrogen) atoms. The second-order valence-electron chi connectivity index (χ2n) is 12.1. The average Bonchev–Trinajstić information content (AvgIpc) is 3.61. The van der Waals surface area contributed by atoms with Gasteiger partial charge in [0.15, 0.2) is 0 Å². The molecule has 2 atom stereocenters. The smallest absolute Gasteiger partial charge is 0.481 e. The van der Waals surface area contributed by atoms with Gasteiger partial charge in [-0.25, -0.2) is 14.5 Å². The van der Waals surface area contributed by atoms with Crippen molar-refractivity contribution < 1.29 is 33.0 Å². The highest BCUT2D eigenvalue weighted by atomic mass is 19.4. The number of benzene rings is 2. The van der Waals surface area contributed by atoms with Gasteiger partial charge in [-0.1, -0.05) is 49.7 Å². The third-order valence-electron chi connectivity index (χ3n) is 9.07. The van der Waals surface area contributed by atoms with E-state index < -0.39 is 24.0 Å². The van der Waals surface area contributed by atoms with Gasteiger partial charge >= 0.3 is 18.1 Å². The van der Waals surface area contributed by atoms with E-state index in [0.717, 1.165) is 59.1 Å². The number of alkyl halides is 3. The molecule has 0 amide bonds. The molecule has 1 aliphatic rings. The molecule has 1 unspecified atom stereocenters. The Morgan fingerprint density at radius 3 is 2.35 bits per heavy atom. The number of aliphatic carboxylic acids is 2. The summed E-state index contributed by atoms with van der Waals surface area (Å²) in [5, 5.41) is 25.7. The number of carboxylic acid groups (broad SMARTS) is 2. The Bertz CT molecular complexity index is 1670. The standard InChI is InChI=1S/C31H40N6O2.C2HF3O2/c1-6-23-11-14-36(15-12-23)19-28-32-13-16-37(28)18-25-17-24(8-7-20(25)2)29(22(4)31(38)39)26-9-10-27-30(21(26)3)33-34-35(27)5;3-2(4,5)1(6)7/h7-10,13,16-17,22-23,29H,6,11-12,14-15,18-19H2,1-5H3,(H,38,39);(H,6,7)/t22?,29-;/m1./s1. The van der Waals surface area contributed by atoms with Crippen molar-refractivity contribution in [3.63, 3.8) is 0 Å². The Morgan fingerprint density at radius 2 is 1.74 bits per heavy atom. The van der Waals surface area contributed by atoms with Crippen molar-refractivity contribution >= 4 is 23.0 Å². The number of imidazole rings is 1. The van der Waals surface area contributed by atoms with Crippen LogP contribution in [0.2, 0.25) is 0 Å². The molecule has 2 N–H and O–H groups in total. The number of aromatic nitrogens is 5. The van der Waals surface area contributed by atoms with Crippen molar-refractivity contribution in [2.24, 2.45) is 18.9 Å². The summed E-state index contributed by atoms with van der Waals surface area (Å²) in [6, 6.07) is 10.4. The molecule has 10 nitrogen and oxygen atoms in total. The number of hydrogen-bond donors (Lipinski definition) is 2. The monoisotopic (exact) mass is 642 g/mol. The predicted octanol–water partition coefficient (Wildman–Crippen LogP) is 5.94. The first kappa shape index (κ1) is 34.6. The van der Waals surface area contributed by atoms with Crippen LogP contribution in [0.3, 0.4) is 0 Å². The van der Waals surface area contributed by atoms with E-state index in [4.69, 9.17) is 14.9 Å². The van der Waals surface area contributed by atoms with Crippen LogP contribution in [0.25, 0.3) is 11.0 Å². The number of aryl methyl sites for hydroxylation is 3. The molecule has 3 heterocycles. The third kappa shape index (κ3) is 7.93. The van der Waals surface area contributed by atoms with Crippen molar-refractivity contribution in [1.82, 2.24) is 29.4 Å². The van der Waals surface area contributed by atoms with Crippen LogP contribution in [0.1, 0.15) is 72.7 Å². The third-order valence-corrected chi connectivity index (χ3v) is 9.07. The summed E-state index contributed by atoms with van der Waals surface area (Å²) < 4.78 is 35.7. The molecular weight excluding hydrogens is 601 g/mol. The molecule has 2 aromatic heterocycles. The summed E-state index contributed by atoms with van der Waals surface area (Å²) >= 11 is 0. The minimum absolute atomic E-state index is 0.310. The van der Waals surface area contributed by atoms with Gasteiger partial charge in [0.1, 0.15) is 11.3 Å². The maximum absolute atomic E-state index is 12.3. The largest absolute Gasteiger partial charge is 0.490 e. The van der Waals surface area contributed by atoms with Crippen LogP contribution >= 0.6 is 0 Å². The lowest BCUT2D eigenvalue weighted by Gasteiger charge is -2.31. The van der Waals surface area contributed by atoms with Crippen LogP contribution in [-0.4, -0.2) is 70.9 Å². The molecule has 1 fully saturated rings. The zero-order valence-electron chi connectivity index (χ0n) is 26.8. The van der Waals surface area contributed by atoms with Crippen LogP contribution in [0, 0.1) is 25.7 Å². The molecule has 0 bridgehead atoms. The number of carbonyl (C=O) groups is 2. The Labute approximate surface area is 265 Å². The fourth-order valence-corrected chi connectivity index (χ4v) is 6.09. The summed E-state index contributed by atoms with van der Waals surface area (Å²) in [5.74, 6) is -2.56. The summed E-state index contributed by atoms with van der Waals surface area (Å²) in [7, 11) is 1.87. The Morgan fingerprint density at radius 1 is 1.07 bits per heavy atom. The van der Waals surface area contributed by atoms with Crippen molar-refractivity contribution in [2.75, 3.05) is 13.1 Å². The van der Waals surface area contributed by atoms with E-state index in [1.807, 2.05) is 32.3 Å². The molecule has 1 saturated heterocycles. The van der Waals surface area contributed by atoms with Gasteiger partial charge in [-0.3, -0.25) is 9.69 Å². The summed E-state index contributed by atoms with van der Waals surface area (Å²) in [5.41, 5.74) is 7.07. The minimum atomic E-state index is -5.08. The van der Waals surface area contributed by atoms with E-state index in [9.17, 15) is 23.1 Å². The van der Waals surface area contributed by atoms with Gasteiger partial charge in [0.05, 0.1) is 18.0 Å². The van der Waals surface area contributed by atoms with Gasteiger partial charge in [0, 0.05) is 31.9 Å². The highest BCUT2D eigenvalue weighted by molar-refractivity contribution is 5.80. The van der Waals surface area contributed by atoms with Crippen LogP contribution in [-0.2, 0) is 29.7 Å². The molecule has 2 aromatic carbocycles. The number of piperidine rings is 1. The fraction of sp³-hybridized carbons (Fsp3) is 0.485. The van der Waals surface area contributed by atoms with Crippen molar-refractivity contribution in [1.29, 1.82) is 0 Å². The van der Waals surface area contributed by atoms with E-state index in [-0.39, 0.29) is 5.92 Å². The van der Waals surface area contributed by atoms with Crippen molar-refractivity contribution in [3.05, 3.63) is 76.4 Å². The van der Waals surface area contributed by atoms with Gasteiger partial charge in [-0.2, -0.15) is 13.2 Å². The highest BCUT2D eigenvalue weighted by Crippen LogP contribution is 2.37. The molecule has 1 aliphatic heterocycles. The number of likely N-dealkylation sites (tertiary alicyclic amines) is 1. The van der Waals surface area contributed by atoms with Crippen molar-refractivity contribution in [2.45, 2.75) is 72.1 Å². The topological polar surface area (TPSA) is 126 Å². The van der Waals surface area contributed by atoms with E-state index >= 15 is 0 Å². The van der Waals surface area contributed by atoms with Gasteiger partial charge in [0.25, 0.3) is 0 Å². The Hall–Kier alpha value is -4.26. The van der Waals surface area contributed by atoms with Crippen LogP contribution in [0.4, 0.5) is 13.2 Å². The zero-order chi connectivity index (χ0) is 33.8. The first-order valence-electron chi connectivity index (χ1n) is 15.3. The number of halogens is 3. The number of rotatable bonds is 9. The molecule has 248 valence electrons. The summed E-state index contributed by atoms with van der Waals surface area (Å²) in [6.45, 7) is 12.0. The fourth-order valence-electron chi connectivity index (χ4n) is 6.09. The normalized spacial score (nSPS) is 15.7. The van der Waals surface area contributed by atoms with Gasteiger partial charge < -0.3 is 14.8 Å². The Kier molecular flexibility index (Phi) is 10.9. The van der Waals surface area contributed by atoms with Gasteiger partial charge in [-0.15, -0.1) is 5.10 Å². The van der Waals surface area contributed by atoms with Crippen LogP contribution in [0.15, 0.2) is 42.7 Å². The molecule has 5 rings (SSSR count). The SMILES string of the molecule is CCC1CCN(Cc2nccn2Cc2cc([C@H](c3ccc4c(nnn4C)c3C)C(C)C(=O)O)ccc2C)CC1.O=C(O)C(F)(F)F. The lowest BCUT2D eigenvalue weighted by atomic mass is 9.79. The van der Waals surface area contributed by atoms with E-state index in [0.29, 0.717) is 6.54 Å². The van der Waals surface area contributed by atoms with Gasteiger partial charge in [0.2, 0.25) is 0 Å². The van der Waals surface area contributed by atoms with Crippen molar-refractivity contribution in [3.8, 4) is 0 Å².